The van der Waals surface area contributed by atoms with Gasteiger partial charge in [0.2, 0.25) is 5.91 Å². The topological polar surface area (TPSA) is 80.4 Å². The molecule has 3 aromatic rings. The van der Waals surface area contributed by atoms with Gasteiger partial charge in [0.05, 0.1) is 5.56 Å². The number of nitrogens with two attached hydrogens (primary N) is 1. The van der Waals surface area contributed by atoms with E-state index in [2.05, 4.69) is 0 Å². The summed E-state index contributed by atoms with van der Waals surface area (Å²) in [4.78, 5) is 23.4. The highest BCUT2D eigenvalue weighted by atomic mass is 19.1. The molecule has 0 aromatic heterocycles. The average Bonchev–Trinajstić information content (AvgIpc) is 2.98. The molecular weight excluding hydrogens is 345 g/mol. The number of amides is 1. The van der Waals surface area contributed by atoms with Crippen LogP contribution >= 0.6 is 0 Å². The molecule has 0 bridgehead atoms. The quantitative estimate of drug-likeness (QED) is 0.575. The third-order valence-corrected chi connectivity index (χ3v) is 4.97. The van der Waals surface area contributed by atoms with E-state index in [1.54, 1.807) is 43.3 Å². The standard InChI is InChI=1S/C22H16FNO3/c1-11-2-5-15(20(23)6-11)14-9-17-16-8-13(22(26)27)4-3-12(16)7-18(17)19(10-14)21(24)25/h2-6,8-10H,7H2,1H3,(H2,24,25)(H,26,27). The molecule has 27 heavy (non-hydrogen) atoms. The summed E-state index contributed by atoms with van der Waals surface area (Å²) in [7, 11) is 0. The van der Waals surface area contributed by atoms with Crippen LogP contribution in [0.25, 0.3) is 22.3 Å². The SMILES string of the molecule is Cc1ccc(-c2cc(C(N)=O)c3c(c2)-c2cc(C(=O)O)ccc2C3)c(F)c1. The van der Waals surface area contributed by atoms with Gasteiger partial charge in [-0.2, -0.15) is 0 Å². The highest BCUT2D eigenvalue weighted by Crippen LogP contribution is 2.41. The summed E-state index contributed by atoms with van der Waals surface area (Å²) >= 11 is 0. The molecule has 0 radical (unpaired) electrons. The molecule has 3 N–H and O–H groups in total. The Labute approximate surface area is 155 Å². The van der Waals surface area contributed by atoms with Gasteiger partial charge in [-0.05, 0) is 77.1 Å². The lowest BCUT2D eigenvalue weighted by molar-refractivity contribution is 0.0696. The van der Waals surface area contributed by atoms with E-state index in [1.807, 2.05) is 0 Å². The van der Waals surface area contributed by atoms with Gasteiger partial charge in [0, 0.05) is 11.1 Å². The van der Waals surface area contributed by atoms with Gasteiger partial charge in [-0.25, -0.2) is 9.18 Å². The van der Waals surface area contributed by atoms with Crippen molar-refractivity contribution in [1.29, 1.82) is 0 Å². The lowest BCUT2D eigenvalue weighted by Crippen LogP contribution is -2.14. The monoisotopic (exact) mass is 361 g/mol. The van der Waals surface area contributed by atoms with Crippen molar-refractivity contribution >= 4 is 11.9 Å². The van der Waals surface area contributed by atoms with E-state index >= 15 is 0 Å². The van der Waals surface area contributed by atoms with E-state index in [-0.39, 0.29) is 11.4 Å². The van der Waals surface area contributed by atoms with Gasteiger partial charge in [-0.1, -0.05) is 18.2 Å². The van der Waals surface area contributed by atoms with Gasteiger partial charge in [0.1, 0.15) is 5.82 Å². The Kier molecular flexibility index (Phi) is 3.81. The second kappa shape index (κ2) is 6.06. The second-order valence-corrected chi connectivity index (χ2v) is 6.75. The molecule has 1 aliphatic carbocycles. The molecule has 0 unspecified atom stereocenters. The van der Waals surface area contributed by atoms with E-state index in [0.29, 0.717) is 23.1 Å². The lowest BCUT2D eigenvalue weighted by atomic mass is 9.93. The fourth-order valence-corrected chi connectivity index (χ4v) is 3.64. The van der Waals surface area contributed by atoms with Crippen molar-refractivity contribution in [2.45, 2.75) is 13.3 Å². The molecule has 5 heteroatoms. The summed E-state index contributed by atoms with van der Waals surface area (Å²) in [6.07, 6.45) is 0.486. The van der Waals surface area contributed by atoms with Crippen LogP contribution in [-0.2, 0) is 6.42 Å². The molecule has 0 atom stereocenters. The van der Waals surface area contributed by atoms with Gasteiger partial charge in [-0.3, -0.25) is 4.79 Å². The molecular formula is C22H16FNO3. The Bertz CT molecular complexity index is 1130. The number of aromatic carboxylic acids is 1. The number of hydrogen-bond acceptors (Lipinski definition) is 2. The smallest absolute Gasteiger partial charge is 0.335 e. The molecule has 1 aliphatic rings. The van der Waals surface area contributed by atoms with Crippen LogP contribution in [0.2, 0.25) is 0 Å². The first-order valence-corrected chi connectivity index (χ1v) is 8.45. The number of carbonyl (C=O) groups excluding carboxylic acids is 1. The largest absolute Gasteiger partial charge is 0.478 e. The Morgan fingerprint density at radius 2 is 1.78 bits per heavy atom. The number of hydrogen-bond donors (Lipinski definition) is 2. The predicted octanol–water partition coefficient (Wildman–Crippen LogP) is 4.17. The van der Waals surface area contributed by atoms with Crippen LogP contribution in [0.1, 0.15) is 37.4 Å². The normalized spacial score (nSPS) is 11.8. The highest BCUT2D eigenvalue weighted by molar-refractivity contribution is 6.01. The number of halogens is 1. The highest BCUT2D eigenvalue weighted by Gasteiger charge is 2.26. The molecule has 0 spiro atoms. The Hall–Kier alpha value is -3.47. The zero-order valence-corrected chi connectivity index (χ0v) is 14.5. The molecule has 1 amide bonds. The summed E-state index contributed by atoms with van der Waals surface area (Å²) in [5, 5.41) is 9.28. The van der Waals surface area contributed by atoms with Crippen LogP contribution in [0, 0.1) is 12.7 Å². The maximum atomic E-state index is 14.5. The van der Waals surface area contributed by atoms with E-state index in [1.165, 1.54) is 12.1 Å². The number of rotatable bonds is 3. The van der Waals surface area contributed by atoms with Gasteiger partial charge < -0.3 is 10.8 Å². The van der Waals surface area contributed by atoms with Gasteiger partial charge >= 0.3 is 5.97 Å². The van der Waals surface area contributed by atoms with Crippen molar-refractivity contribution in [2.24, 2.45) is 5.73 Å². The fraction of sp³-hybridized carbons (Fsp3) is 0.0909. The van der Waals surface area contributed by atoms with Crippen LogP contribution in [-0.4, -0.2) is 17.0 Å². The van der Waals surface area contributed by atoms with Crippen LogP contribution in [0.5, 0.6) is 0 Å². The number of primary amides is 1. The zero-order valence-electron chi connectivity index (χ0n) is 14.5. The summed E-state index contributed by atoms with van der Waals surface area (Å²) < 4.78 is 14.5. The molecule has 0 aliphatic heterocycles. The van der Waals surface area contributed by atoms with E-state index < -0.39 is 11.9 Å². The Balaban J connectivity index is 1.98. The summed E-state index contributed by atoms with van der Waals surface area (Å²) in [6, 6.07) is 13.2. The van der Waals surface area contributed by atoms with Crippen molar-refractivity contribution in [3.05, 3.63) is 82.2 Å². The van der Waals surface area contributed by atoms with E-state index in [0.717, 1.165) is 27.8 Å². The van der Waals surface area contributed by atoms with Crippen molar-refractivity contribution < 1.29 is 19.1 Å². The first kappa shape index (κ1) is 17.0. The number of carboxylic acids is 1. The predicted molar refractivity (Wildman–Crippen MR) is 100 cm³/mol. The molecule has 0 heterocycles. The number of carboxylic acid groups (broad SMARTS) is 1. The summed E-state index contributed by atoms with van der Waals surface area (Å²) in [5.74, 6) is -2.00. The van der Waals surface area contributed by atoms with Crippen molar-refractivity contribution in [1.82, 2.24) is 0 Å². The summed E-state index contributed by atoms with van der Waals surface area (Å²) in [5.41, 5.74) is 10.9. The number of carbonyl (C=O) groups is 2. The van der Waals surface area contributed by atoms with E-state index in [9.17, 15) is 19.1 Å². The van der Waals surface area contributed by atoms with Crippen LogP contribution in [0.3, 0.4) is 0 Å². The first-order chi connectivity index (χ1) is 12.8. The Morgan fingerprint density at radius 1 is 1.00 bits per heavy atom. The number of fused-ring (bicyclic) bond motifs is 3. The fourth-order valence-electron chi connectivity index (χ4n) is 3.64. The van der Waals surface area contributed by atoms with Crippen molar-refractivity contribution in [2.75, 3.05) is 0 Å². The lowest BCUT2D eigenvalue weighted by Gasteiger charge is -2.12. The van der Waals surface area contributed by atoms with Crippen LogP contribution in [0.4, 0.5) is 4.39 Å². The number of benzene rings is 3. The van der Waals surface area contributed by atoms with Crippen molar-refractivity contribution in [3.63, 3.8) is 0 Å². The third-order valence-electron chi connectivity index (χ3n) is 4.97. The first-order valence-electron chi connectivity index (χ1n) is 8.45. The minimum atomic E-state index is -1.03. The molecule has 0 saturated heterocycles. The molecule has 3 aromatic carbocycles. The molecule has 0 saturated carbocycles. The molecule has 4 rings (SSSR count). The van der Waals surface area contributed by atoms with Gasteiger partial charge in [0.15, 0.2) is 0 Å². The average molecular weight is 361 g/mol. The second-order valence-electron chi connectivity index (χ2n) is 6.75. The molecule has 134 valence electrons. The van der Waals surface area contributed by atoms with Crippen LogP contribution < -0.4 is 5.73 Å². The summed E-state index contributed by atoms with van der Waals surface area (Å²) in [6.45, 7) is 1.80. The van der Waals surface area contributed by atoms with Crippen LogP contribution in [0.15, 0.2) is 48.5 Å². The molecule has 0 fully saturated rings. The van der Waals surface area contributed by atoms with E-state index in [4.69, 9.17) is 5.73 Å². The third kappa shape index (κ3) is 2.77. The van der Waals surface area contributed by atoms with Crippen molar-refractivity contribution in [3.8, 4) is 22.3 Å². The minimum absolute atomic E-state index is 0.161. The van der Waals surface area contributed by atoms with Gasteiger partial charge in [-0.15, -0.1) is 0 Å². The number of aryl methyl sites for hydroxylation is 1. The minimum Gasteiger partial charge on any atom is -0.478 e. The van der Waals surface area contributed by atoms with Gasteiger partial charge in [0.25, 0.3) is 0 Å². The maximum absolute atomic E-state index is 14.5. The zero-order chi connectivity index (χ0) is 19.3. The Morgan fingerprint density at radius 3 is 2.44 bits per heavy atom. The maximum Gasteiger partial charge on any atom is 0.335 e. The molecule has 4 nitrogen and oxygen atoms in total.